The molecule has 0 saturated carbocycles. The number of hydrogen-bond donors (Lipinski definition) is 1. The second kappa shape index (κ2) is 14.1. The third kappa shape index (κ3) is 7.67. The zero-order chi connectivity index (χ0) is 26.7. The molecule has 3 aromatic rings. The molecule has 0 unspecified atom stereocenters. The number of ether oxygens (including phenoxy) is 7. The van der Waals surface area contributed by atoms with Crippen LogP contribution >= 0.6 is 15.9 Å². The molecule has 0 aromatic heterocycles. The van der Waals surface area contributed by atoms with Gasteiger partial charge in [-0.15, -0.1) is 0 Å². The van der Waals surface area contributed by atoms with Crippen molar-refractivity contribution in [1.29, 1.82) is 0 Å². The maximum Gasteiger partial charge on any atom is 0.231 e. The summed E-state index contributed by atoms with van der Waals surface area (Å²) in [5.74, 6) is 4.84. The Bertz CT molecular complexity index is 1130. The first-order valence-electron chi connectivity index (χ1n) is 12.1. The molecule has 0 amide bonds. The molecule has 38 heavy (non-hydrogen) atoms. The molecule has 0 atom stereocenters. The van der Waals surface area contributed by atoms with E-state index < -0.39 is 0 Å². The molecule has 0 saturated heterocycles. The second-order valence-corrected chi connectivity index (χ2v) is 9.15. The van der Waals surface area contributed by atoms with Gasteiger partial charge in [0.1, 0.15) is 0 Å². The van der Waals surface area contributed by atoms with E-state index in [-0.39, 0.29) is 13.4 Å². The summed E-state index contributed by atoms with van der Waals surface area (Å²) in [7, 11) is 3.79. The molecule has 3 aliphatic rings. The van der Waals surface area contributed by atoms with E-state index in [9.17, 15) is 0 Å². The van der Waals surface area contributed by atoms with Gasteiger partial charge in [-0.25, -0.2) is 0 Å². The van der Waals surface area contributed by atoms with Gasteiger partial charge in [0.25, 0.3) is 0 Å². The molecular weight excluding hydrogens is 558 g/mol. The molecule has 0 fully saturated rings. The lowest BCUT2D eigenvalue weighted by Crippen LogP contribution is -2.22. The number of hydrogen-bond acceptors (Lipinski definition) is 9. The zero-order valence-corrected chi connectivity index (χ0v) is 23.1. The highest BCUT2D eigenvalue weighted by molar-refractivity contribution is 9.08. The van der Waals surface area contributed by atoms with Gasteiger partial charge in [-0.3, -0.25) is 4.90 Å². The number of aliphatic hydroxyl groups excluding tert-OH is 1. The van der Waals surface area contributed by atoms with Crippen molar-refractivity contribution in [2.45, 2.75) is 18.5 Å². The van der Waals surface area contributed by atoms with Crippen LogP contribution in [0.3, 0.4) is 0 Å². The van der Waals surface area contributed by atoms with Crippen LogP contribution in [0, 0.1) is 0 Å². The van der Waals surface area contributed by atoms with E-state index in [1.807, 2.05) is 36.4 Å². The highest BCUT2D eigenvalue weighted by Crippen LogP contribution is 2.34. The van der Waals surface area contributed by atoms with Crippen LogP contribution in [0.1, 0.15) is 16.7 Å². The van der Waals surface area contributed by atoms with Gasteiger partial charge in [0, 0.05) is 25.5 Å². The summed E-state index contributed by atoms with van der Waals surface area (Å²) in [6.07, 6.45) is 0. The monoisotopic (exact) mass is 589 g/mol. The van der Waals surface area contributed by atoms with E-state index in [1.165, 1.54) is 11.1 Å². The van der Waals surface area contributed by atoms with E-state index in [0.717, 1.165) is 65.1 Å². The number of benzene rings is 3. The van der Waals surface area contributed by atoms with Crippen LogP contribution in [0.5, 0.6) is 34.5 Å². The van der Waals surface area contributed by atoms with Crippen molar-refractivity contribution in [2.75, 3.05) is 47.7 Å². The predicted octanol–water partition coefficient (Wildman–Crippen LogP) is 4.71. The van der Waals surface area contributed by atoms with Crippen LogP contribution in [0.15, 0.2) is 54.6 Å². The number of aliphatic hydroxyl groups is 1. The molecule has 0 radical (unpaired) electrons. The fourth-order valence-corrected chi connectivity index (χ4v) is 4.09. The normalized spacial score (nSPS) is 13.5. The Kier molecular flexibility index (Phi) is 10.3. The van der Waals surface area contributed by atoms with E-state index >= 15 is 0 Å². The van der Waals surface area contributed by atoms with Gasteiger partial charge < -0.3 is 38.3 Å². The topological polar surface area (TPSA) is 88.1 Å². The van der Waals surface area contributed by atoms with Crippen LogP contribution < -0.4 is 28.4 Å². The average molecular weight is 590 g/mol. The Labute approximate surface area is 230 Å². The Balaban J connectivity index is 0.000000136. The van der Waals surface area contributed by atoms with Gasteiger partial charge >= 0.3 is 0 Å². The summed E-state index contributed by atoms with van der Waals surface area (Å²) in [5, 5.41) is 9.62. The molecule has 204 valence electrons. The standard InChI is InChI=1S/C12H17NO3.C8H7BrO2.C8H8O3/c1-13(5-6-14-2)8-10-3-4-11-12(7-10)16-9-15-11;2*9-4-6-1-2-7-8(3-6)11-5-10-7/h3-4,7H,5-6,8-9H2,1-2H3;1-3H,4-5H2;1-3,9H,4-5H2. The Morgan fingerprint density at radius 1 is 0.711 bits per heavy atom. The predicted molar refractivity (Wildman–Crippen MR) is 144 cm³/mol. The molecule has 0 bridgehead atoms. The first-order chi connectivity index (χ1) is 18.6. The van der Waals surface area contributed by atoms with Gasteiger partial charge in [0.15, 0.2) is 34.5 Å². The number of nitrogens with zero attached hydrogens (tertiary/aromatic N) is 1. The van der Waals surface area contributed by atoms with Crippen molar-refractivity contribution in [3.05, 3.63) is 71.3 Å². The smallest absolute Gasteiger partial charge is 0.231 e. The van der Waals surface area contributed by atoms with Crippen LogP contribution in [0.25, 0.3) is 0 Å². The van der Waals surface area contributed by atoms with Gasteiger partial charge in [-0.1, -0.05) is 34.1 Å². The van der Waals surface area contributed by atoms with Gasteiger partial charge in [0.05, 0.1) is 13.2 Å². The summed E-state index contributed by atoms with van der Waals surface area (Å²) >= 11 is 3.37. The number of rotatable bonds is 7. The quantitative estimate of drug-likeness (QED) is 0.393. The van der Waals surface area contributed by atoms with Gasteiger partial charge in [0.2, 0.25) is 20.4 Å². The fourth-order valence-electron chi connectivity index (χ4n) is 3.74. The van der Waals surface area contributed by atoms with Crippen molar-refractivity contribution in [2.24, 2.45) is 0 Å². The SMILES string of the molecule is BrCc1ccc2c(c1)OCO2.COCCN(C)Cc1ccc2c(c1)OCO2.OCc1ccc2c(c1)OCO2. The largest absolute Gasteiger partial charge is 0.454 e. The van der Waals surface area contributed by atoms with Crippen molar-refractivity contribution in [3.8, 4) is 34.5 Å². The maximum atomic E-state index is 8.77. The van der Waals surface area contributed by atoms with Crippen molar-refractivity contribution < 1.29 is 38.3 Å². The molecule has 9 nitrogen and oxygen atoms in total. The fraction of sp³-hybridized carbons (Fsp3) is 0.357. The summed E-state index contributed by atoms with van der Waals surface area (Å²) in [5.41, 5.74) is 3.27. The van der Waals surface area contributed by atoms with E-state index in [1.54, 1.807) is 19.2 Å². The third-order valence-corrected chi connectivity index (χ3v) is 6.42. The minimum Gasteiger partial charge on any atom is -0.454 e. The van der Waals surface area contributed by atoms with Crippen LogP contribution in [-0.2, 0) is 23.2 Å². The number of halogens is 1. The Morgan fingerprint density at radius 3 is 1.66 bits per heavy atom. The molecular formula is C28H32BrNO8. The molecule has 3 aliphatic heterocycles. The molecule has 10 heteroatoms. The van der Waals surface area contributed by atoms with E-state index in [4.69, 9.17) is 38.3 Å². The molecule has 0 aliphatic carbocycles. The lowest BCUT2D eigenvalue weighted by Gasteiger charge is -2.16. The molecule has 1 N–H and O–H groups in total. The van der Waals surface area contributed by atoms with Crippen LogP contribution in [0.2, 0.25) is 0 Å². The second-order valence-electron chi connectivity index (χ2n) is 8.59. The van der Waals surface area contributed by atoms with E-state index in [2.05, 4.69) is 33.9 Å². The minimum atomic E-state index is 0.0383. The maximum absolute atomic E-state index is 8.77. The highest BCUT2D eigenvalue weighted by atomic mass is 79.9. The summed E-state index contributed by atoms with van der Waals surface area (Å²) in [6.45, 7) is 3.56. The average Bonchev–Trinajstić information content (AvgIpc) is 3.72. The van der Waals surface area contributed by atoms with Crippen molar-refractivity contribution in [3.63, 3.8) is 0 Å². The van der Waals surface area contributed by atoms with Crippen LogP contribution in [-0.4, -0.2) is 57.7 Å². The zero-order valence-electron chi connectivity index (χ0n) is 21.5. The first-order valence-corrected chi connectivity index (χ1v) is 13.2. The number of methoxy groups -OCH3 is 1. The molecule has 6 rings (SSSR count). The minimum absolute atomic E-state index is 0.0383. The molecule has 0 spiro atoms. The summed E-state index contributed by atoms with van der Waals surface area (Å²) < 4.78 is 36.2. The van der Waals surface area contributed by atoms with Crippen molar-refractivity contribution in [1.82, 2.24) is 4.90 Å². The summed E-state index contributed by atoms with van der Waals surface area (Å²) in [4.78, 5) is 2.21. The lowest BCUT2D eigenvalue weighted by atomic mass is 10.2. The first kappa shape index (κ1) is 27.8. The third-order valence-electron chi connectivity index (χ3n) is 5.78. The Morgan fingerprint density at radius 2 is 1.16 bits per heavy atom. The van der Waals surface area contributed by atoms with Gasteiger partial charge in [-0.05, 0) is 60.1 Å². The molecule has 3 heterocycles. The van der Waals surface area contributed by atoms with Crippen LogP contribution in [0.4, 0.5) is 0 Å². The number of alkyl halides is 1. The lowest BCUT2D eigenvalue weighted by molar-refractivity contribution is 0.158. The van der Waals surface area contributed by atoms with E-state index in [0.29, 0.717) is 13.6 Å². The summed E-state index contributed by atoms with van der Waals surface area (Å²) in [6, 6.07) is 17.4. The molecule has 3 aromatic carbocycles. The van der Waals surface area contributed by atoms with Crippen molar-refractivity contribution >= 4 is 15.9 Å². The Hall–Kier alpha value is -3.18. The van der Waals surface area contributed by atoms with Gasteiger partial charge in [-0.2, -0.15) is 0 Å². The highest BCUT2D eigenvalue weighted by Gasteiger charge is 2.14. The number of likely N-dealkylation sites (N-methyl/N-ethyl adjacent to an activating group) is 1. The number of fused-ring (bicyclic) bond motifs is 3.